The number of hydrogen-bond acceptors (Lipinski definition) is 3. The molecule has 4 nitrogen and oxygen atoms in total. The third kappa shape index (κ3) is 2.46. The molecule has 0 amide bonds. The van der Waals surface area contributed by atoms with E-state index in [1.54, 1.807) is 0 Å². The lowest BCUT2D eigenvalue weighted by molar-refractivity contribution is -0.131. The number of carboxylic acids is 1. The molecule has 6 heteroatoms. The molecule has 0 fully saturated rings. The predicted molar refractivity (Wildman–Crippen MR) is 58.0 cm³/mol. The van der Waals surface area contributed by atoms with Crippen LogP contribution < -0.4 is 5.73 Å². The Bertz CT molecular complexity index is 407. The second-order valence-corrected chi connectivity index (χ2v) is 3.55. The quantitative estimate of drug-likeness (QED) is 0.642. The van der Waals surface area contributed by atoms with E-state index in [9.17, 15) is 4.79 Å². The Hall–Kier alpha value is -1.07. The number of aliphatic carboxylic acids is 1. The molecule has 0 saturated carbocycles. The zero-order chi connectivity index (χ0) is 10.7. The number of nitrogen functional groups attached to an aromatic ring is 1. The number of carboxylic acid groups (broad SMARTS) is 1. The van der Waals surface area contributed by atoms with E-state index in [2.05, 4.69) is 20.9 Å². The molecule has 1 aromatic heterocycles. The first-order valence-electron chi connectivity index (χ1n) is 3.53. The van der Waals surface area contributed by atoms with Crippen LogP contribution >= 0.6 is 27.5 Å². The monoisotopic (exact) mass is 276 g/mol. The van der Waals surface area contributed by atoms with E-state index in [-0.39, 0.29) is 5.15 Å². The molecule has 0 aromatic carbocycles. The third-order valence-electron chi connectivity index (χ3n) is 1.45. The highest BCUT2D eigenvalue weighted by Gasteiger charge is 2.06. The SMILES string of the molecule is Nc1c(/C=C/C(=O)O)cnc(Cl)c1Br. The van der Waals surface area contributed by atoms with Crippen molar-refractivity contribution < 1.29 is 9.90 Å². The maximum Gasteiger partial charge on any atom is 0.328 e. The number of halogens is 2. The van der Waals surface area contributed by atoms with Crippen molar-refractivity contribution in [2.45, 2.75) is 0 Å². The molecule has 0 aliphatic heterocycles. The van der Waals surface area contributed by atoms with Crippen LogP contribution in [-0.4, -0.2) is 16.1 Å². The van der Waals surface area contributed by atoms with Crippen molar-refractivity contribution in [3.63, 3.8) is 0 Å². The minimum Gasteiger partial charge on any atom is -0.478 e. The van der Waals surface area contributed by atoms with E-state index >= 15 is 0 Å². The fraction of sp³-hybridized carbons (Fsp3) is 0. The van der Waals surface area contributed by atoms with Crippen molar-refractivity contribution in [2.75, 3.05) is 5.73 Å². The van der Waals surface area contributed by atoms with E-state index in [4.69, 9.17) is 22.4 Å². The fourth-order valence-corrected chi connectivity index (χ4v) is 1.27. The highest BCUT2D eigenvalue weighted by Crippen LogP contribution is 2.29. The zero-order valence-electron chi connectivity index (χ0n) is 6.87. The molecule has 0 unspecified atom stereocenters. The second kappa shape index (κ2) is 4.43. The van der Waals surface area contributed by atoms with Gasteiger partial charge in [0.05, 0.1) is 10.2 Å². The van der Waals surface area contributed by atoms with Crippen molar-refractivity contribution in [3.05, 3.63) is 27.5 Å². The summed E-state index contributed by atoms with van der Waals surface area (Å²) in [5, 5.41) is 8.65. The van der Waals surface area contributed by atoms with E-state index in [1.165, 1.54) is 12.3 Å². The fourth-order valence-electron chi connectivity index (χ4n) is 0.784. The normalized spacial score (nSPS) is 10.7. The van der Waals surface area contributed by atoms with Gasteiger partial charge in [-0.15, -0.1) is 0 Å². The van der Waals surface area contributed by atoms with Crippen LogP contribution in [0, 0.1) is 0 Å². The number of aromatic nitrogens is 1. The molecular weight excluding hydrogens is 271 g/mol. The van der Waals surface area contributed by atoms with Gasteiger partial charge in [0.25, 0.3) is 0 Å². The van der Waals surface area contributed by atoms with Crippen LogP contribution in [0.2, 0.25) is 5.15 Å². The molecule has 3 N–H and O–H groups in total. The van der Waals surface area contributed by atoms with Gasteiger partial charge < -0.3 is 10.8 Å². The predicted octanol–water partition coefficient (Wildman–Crippen LogP) is 2.18. The number of anilines is 1. The summed E-state index contributed by atoms with van der Waals surface area (Å²) in [5.74, 6) is -1.05. The molecule has 0 aliphatic carbocycles. The van der Waals surface area contributed by atoms with Gasteiger partial charge in [-0.2, -0.15) is 0 Å². The van der Waals surface area contributed by atoms with Crippen molar-refractivity contribution >= 4 is 45.3 Å². The summed E-state index contributed by atoms with van der Waals surface area (Å²) < 4.78 is 0.465. The minimum atomic E-state index is -1.05. The summed E-state index contributed by atoms with van der Waals surface area (Å²) >= 11 is 8.81. The Kier molecular flexibility index (Phi) is 3.49. The zero-order valence-corrected chi connectivity index (χ0v) is 9.21. The van der Waals surface area contributed by atoms with Crippen LogP contribution in [0.4, 0.5) is 5.69 Å². The number of carbonyl (C=O) groups is 1. The lowest BCUT2D eigenvalue weighted by Crippen LogP contribution is -1.94. The van der Waals surface area contributed by atoms with Gasteiger partial charge in [0.15, 0.2) is 0 Å². The molecule has 0 bridgehead atoms. The van der Waals surface area contributed by atoms with Gasteiger partial charge in [0.2, 0.25) is 0 Å². The number of pyridine rings is 1. The summed E-state index contributed by atoms with van der Waals surface area (Å²) in [7, 11) is 0. The van der Waals surface area contributed by atoms with Crippen LogP contribution in [0.3, 0.4) is 0 Å². The van der Waals surface area contributed by atoms with E-state index in [1.807, 2.05) is 0 Å². The van der Waals surface area contributed by atoms with Crippen molar-refractivity contribution in [1.82, 2.24) is 4.98 Å². The molecule has 14 heavy (non-hydrogen) atoms. The first kappa shape index (κ1) is 11.0. The van der Waals surface area contributed by atoms with Crippen LogP contribution in [0.1, 0.15) is 5.56 Å². The van der Waals surface area contributed by atoms with E-state index in [0.717, 1.165) is 6.08 Å². The molecule has 1 rings (SSSR count). The number of nitrogens with zero attached hydrogens (tertiary/aromatic N) is 1. The van der Waals surface area contributed by atoms with Gasteiger partial charge in [-0.1, -0.05) is 11.6 Å². The average Bonchev–Trinajstić information content (AvgIpc) is 2.13. The molecule has 74 valence electrons. The Morgan fingerprint density at radius 2 is 2.36 bits per heavy atom. The molecule has 1 aromatic rings. The summed E-state index contributed by atoms with van der Waals surface area (Å²) in [6.45, 7) is 0. The summed E-state index contributed by atoms with van der Waals surface area (Å²) in [4.78, 5) is 14.1. The molecule has 1 heterocycles. The molecule has 0 aliphatic rings. The Morgan fingerprint density at radius 1 is 1.71 bits per heavy atom. The van der Waals surface area contributed by atoms with Crippen molar-refractivity contribution in [3.8, 4) is 0 Å². The van der Waals surface area contributed by atoms with Gasteiger partial charge >= 0.3 is 5.97 Å². The lowest BCUT2D eigenvalue weighted by Gasteiger charge is -2.03. The maximum absolute atomic E-state index is 10.2. The molecule has 0 atom stereocenters. The first-order valence-corrected chi connectivity index (χ1v) is 4.70. The van der Waals surface area contributed by atoms with E-state index in [0.29, 0.717) is 15.7 Å². The van der Waals surface area contributed by atoms with Crippen LogP contribution in [0.5, 0.6) is 0 Å². The number of nitrogens with two attached hydrogens (primary N) is 1. The van der Waals surface area contributed by atoms with Crippen molar-refractivity contribution in [2.24, 2.45) is 0 Å². The second-order valence-electron chi connectivity index (χ2n) is 2.40. The van der Waals surface area contributed by atoms with Crippen LogP contribution in [0.15, 0.2) is 16.7 Å². The summed E-state index contributed by atoms with van der Waals surface area (Å²) in [6.07, 6.45) is 3.74. The van der Waals surface area contributed by atoms with Crippen molar-refractivity contribution in [1.29, 1.82) is 0 Å². The van der Waals surface area contributed by atoms with Gasteiger partial charge in [-0.25, -0.2) is 9.78 Å². The molecule has 0 saturated heterocycles. The van der Waals surface area contributed by atoms with Gasteiger partial charge in [0, 0.05) is 17.8 Å². The van der Waals surface area contributed by atoms with Gasteiger partial charge in [0.1, 0.15) is 5.15 Å². The molecular formula is C8H6BrClN2O2. The lowest BCUT2D eigenvalue weighted by atomic mass is 10.2. The van der Waals surface area contributed by atoms with E-state index < -0.39 is 5.97 Å². The summed E-state index contributed by atoms with van der Waals surface area (Å²) in [6, 6.07) is 0. The number of rotatable bonds is 2. The number of hydrogen-bond donors (Lipinski definition) is 2. The average molecular weight is 278 g/mol. The smallest absolute Gasteiger partial charge is 0.328 e. The van der Waals surface area contributed by atoms with Crippen LogP contribution in [0.25, 0.3) is 6.08 Å². The van der Waals surface area contributed by atoms with Gasteiger partial charge in [-0.05, 0) is 22.0 Å². The largest absolute Gasteiger partial charge is 0.478 e. The highest BCUT2D eigenvalue weighted by molar-refractivity contribution is 9.10. The Labute approximate surface area is 93.5 Å². The topological polar surface area (TPSA) is 76.2 Å². The standard InChI is InChI=1S/C8H6BrClN2O2/c9-6-7(11)4(1-2-5(13)14)3-12-8(6)10/h1-3H,(H2,11,12)(H,13,14)/b2-1+. The molecule has 0 spiro atoms. The first-order chi connectivity index (χ1) is 6.52. The highest BCUT2D eigenvalue weighted by atomic mass is 79.9. The minimum absolute atomic E-state index is 0.245. The van der Waals surface area contributed by atoms with Crippen LogP contribution in [-0.2, 0) is 4.79 Å². The summed E-state index contributed by atoms with van der Waals surface area (Å²) in [5.41, 5.74) is 6.52. The Balaban J connectivity index is 3.12. The maximum atomic E-state index is 10.2. The molecule has 0 radical (unpaired) electrons. The third-order valence-corrected chi connectivity index (χ3v) is 2.77. The Morgan fingerprint density at radius 3 is 2.93 bits per heavy atom. The van der Waals surface area contributed by atoms with Gasteiger partial charge in [-0.3, -0.25) is 0 Å².